The van der Waals surface area contributed by atoms with Gasteiger partial charge in [-0.2, -0.15) is 0 Å². The van der Waals surface area contributed by atoms with E-state index in [4.69, 9.17) is 9.47 Å². The summed E-state index contributed by atoms with van der Waals surface area (Å²) in [5, 5.41) is 3.04. The van der Waals surface area contributed by atoms with Crippen LogP contribution in [-0.4, -0.2) is 24.2 Å². The van der Waals surface area contributed by atoms with Crippen molar-refractivity contribution in [2.24, 2.45) is 0 Å². The minimum Gasteiger partial charge on any atom is -0.491 e. The van der Waals surface area contributed by atoms with Gasteiger partial charge in [0.15, 0.2) is 0 Å². The standard InChI is InChI=1S/C20H31NO3/c1-4-16(3)24-18-12-10-17(11-13-18)21-19(22)20(23-5-2)14-8-6-7-9-15-20/h10-13,16H,4-9,14-15H2,1-3H3,(H,21,22)/t16-/m1/s1. The molecule has 0 saturated heterocycles. The van der Waals surface area contributed by atoms with Gasteiger partial charge in [-0.05, 0) is 57.4 Å². The van der Waals surface area contributed by atoms with E-state index < -0.39 is 5.60 Å². The summed E-state index contributed by atoms with van der Waals surface area (Å²) in [4.78, 5) is 12.9. The number of hydrogen-bond donors (Lipinski definition) is 1. The van der Waals surface area contributed by atoms with Crippen molar-refractivity contribution in [1.29, 1.82) is 0 Å². The number of carbonyl (C=O) groups excluding carboxylic acids is 1. The van der Waals surface area contributed by atoms with Crippen LogP contribution in [0.5, 0.6) is 5.75 Å². The summed E-state index contributed by atoms with van der Waals surface area (Å²) >= 11 is 0. The van der Waals surface area contributed by atoms with Gasteiger partial charge < -0.3 is 14.8 Å². The zero-order valence-electron chi connectivity index (χ0n) is 15.3. The minimum atomic E-state index is -0.669. The molecule has 4 heteroatoms. The normalized spacial score (nSPS) is 18.5. The molecule has 1 aliphatic rings. The zero-order valence-corrected chi connectivity index (χ0v) is 15.3. The summed E-state index contributed by atoms with van der Waals surface area (Å²) in [6, 6.07) is 7.60. The maximum atomic E-state index is 12.9. The Balaban J connectivity index is 2.03. The van der Waals surface area contributed by atoms with E-state index in [9.17, 15) is 4.79 Å². The molecule has 2 rings (SSSR count). The van der Waals surface area contributed by atoms with Gasteiger partial charge in [-0.1, -0.05) is 32.6 Å². The molecule has 0 bridgehead atoms. The second kappa shape index (κ2) is 9.07. The topological polar surface area (TPSA) is 47.6 Å². The van der Waals surface area contributed by atoms with E-state index in [0.29, 0.717) is 6.61 Å². The molecule has 0 aromatic heterocycles. The van der Waals surface area contributed by atoms with E-state index in [2.05, 4.69) is 12.2 Å². The first kappa shape index (κ1) is 18.8. The highest BCUT2D eigenvalue weighted by Crippen LogP contribution is 2.32. The van der Waals surface area contributed by atoms with Gasteiger partial charge in [0, 0.05) is 12.3 Å². The van der Waals surface area contributed by atoms with Gasteiger partial charge in [-0.15, -0.1) is 0 Å². The first-order valence-electron chi connectivity index (χ1n) is 9.32. The third kappa shape index (κ3) is 4.97. The summed E-state index contributed by atoms with van der Waals surface area (Å²) in [7, 11) is 0. The number of carbonyl (C=O) groups is 1. The lowest BCUT2D eigenvalue weighted by atomic mass is 9.93. The molecule has 0 radical (unpaired) electrons. The third-order valence-electron chi connectivity index (χ3n) is 4.77. The third-order valence-corrected chi connectivity index (χ3v) is 4.77. The van der Waals surface area contributed by atoms with Gasteiger partial charge in [0.1, 0.15) is 11.4 Å². The van der Waals surface area contributed by atoms with Gasteiger partial charge in [-0.25, -0.2) is 0 Å². The number of nitrogens with one attached hydrogen (secondary N) is 1. The van der Waals surface area contributed by atoms with E-state index in [0.717, 1.165) is 43.5 Å². The van der Waals surface area contributed by atoms with Gasteiger partial charge in [0.2, 0.25) is 0 Å². The maximum Gasteiger partial charge on any atom is 0.256 e. The van der Waals surface area contributed by atoms with Crippen molar-refractivity contribution in [2.45, 2.75) is 77.4 Å². The van der Waals surface area contributed by atoms with Crippen molar-refractivity contribution in [3.63, 3.8) is 0 Å². The fraction of sp³-hybridized carbons (Fsp3) is 0.650. The Morgan fingerprint density at radius 3 is 2.29 bits per heavy atom. The largest absolute Gasteiger partial charge is 0.491 e. The quantitative estimate of drug-likeness (QED) is 0.720. The number of hydrogen-bond acceptors (Lipinski definition) is 3. The van der Waals surface area contributed by atoms with Gasteiger partial charge in [0.05, 0.1) is 6.10 Å². The van der Waals surface area contributed by atoms with Crippen molar-refractivity contribution in [1.82, 2.24) is 0 Å². The van der Waals surface area contributed by atoms with E-state index in [1.807, 2.05) is 38.1 Å². The molecule has 1 N–H and O–H groups in total. The SMILES string of the molecule is CCOC1(C(=O)Nc2ccc(O[C@H](C)CC)cc2)CCCCCC1. The van der Waals surface area contributed by atoms with Gasteiger partial charge in [0.25, 0.3) is 5.91 Å². The minimum absolute atomic E-state index is 0.0122. The highest BCUT2D eigenvalue weighted by Gasteiger charge is 2.39. The second-order valence-corrected chi connectivity index (χ2v) is 6.66. The van der Waals surface area contributed by atoms with Crippen LogP contribution in [0.2, 0.25) is 0 Å². The molecule has 1 aromatic carbocycles. The summed E-state index contributed by atoms with van der Waals surface area (Å²) in [5.74, 6) is 0.818. The lowest BCUT2D eigenvalue weighted by Gasteiger charge is -2.31. The molecule has 24 heavy (non-hydrogen) atoms. The van der Waals surface area contributed by atoms with Crippen molar-refractivity contribution in [2.75, 3.05) is 11.9 Å². The summed E-state index contributed by atoms with van der Waals surface area (Å²) in [6.45, 7) is 6.67. The van der Waals surface area contributed by atoms with Crippen LogP contribution in [0.3, 0.4) is 0 Å². The monoisotopic (exact) mass is 333 g/mol. The molecule has 0 heterocycles. The molecular formula is C20H31NO3. The predicted molar refractivity (Wildman–Crippen MR) is 97.5 cm³/mol. The van der Waals surface area contributed by atoms with E-state index in [-0.39, 0.29) is 12.0 Å². The fourth-order valence-corrected chi connectivity index (χ4v) is 3.19. The van der Waals surface area contributed by atoms with E-state index in [1.165, 1.54) is 12.8 Å². The Kier molecular flexibility index (Phi) is 7.10. The lowest BCUT2D eigenvalue weighted by Crippen LogP contribution is -2.45. The van der Waals surface area contributed by atoms with Crippen LogP contribution in [0.1, 0.15) is 65.7 Å². The lowest BCUT2D eigenvalue weighted by molar-refractivity contribution is -0.143. The van der Waals surface area contributed by atoms with Crippen molar-refractivity contribution >= 4 is 11.6 Å². The molecule has 134 valence electrons. The van der Waals surface area contributed by atoms with Gasteiger partial charge >= 0.3 is 0 Å². The predicted octanol–water partition coefficient (Wildman–Crippen LogP) is 4.93. The second-order valence-electron chi connectivity index (χ2n) is 6.66. The molecule has 1 aromatic rings. The molecule has 4 nitrogen and oxygen atoms in total. The Bertz CT molecular complexity index is 504. The highest BCUT2D eigenvalue weighted by molar-refractivity contribution is 5.97. The van der Waals surface area contributed by atoms with Crippen LogP contribution in [0.15, 0.2) is 24.3 Å². The Morgan fingerprint density at radius 1 is 1.12 bits per heavy atom. The molecule has 1 saturated carbocycles. The number of ether oxygens (including phenoxy) is 2. The van der Waals surface area contributed by atoms with Gasteiger partial charge in [-0.3, -0.25) is 4.79 Å². The fourth-order valence-electron chi connectivity index (χ4n) is 3.19. The van der Waals surface area contributed by atoms with Crippen LogP contribution in [0.25, 0.3) is 0 Å². The highest BCUT2D eigenvalue weighted by atomic mass is 16.5. The molecular weight excluding hydrogens is 302 g/mol. The average molecular weight is 333 g/mol. The first-order valence-corrected chi connectivity index (χ1v) is 9.32. The van der Waals surface area contributed by atoms with Crippen LogP contribution in [0, 0.1) is 0 Å². The molecule has 0 aliphatic heterocycles. The number of benzene rings is 1. The maximum absolute atomic E-state index is 12.9. The number of rotatable bonds is 7. The molecule has 1 aliphatic carbocycles. The molecule has 1 amide bonds. The van der Waals surface area contributed by atoms with Crippen LogP contribution < -0.4 is 10.1 Å². The van der Waals surface area contributed by atoms with Crippen molar-refractivity contribution in [3.05, 3.63) is 24.3 Å². The number of amides is 1. The van der Waals surface area contributed by atoms with E-state index in [1.54, 1.807) is 0 Å². The van der Waals surface area contributed by atoms with Crippen molar-refractivity contribution in [3.8, 4) is 5.75 Å². The summed E-state index contributed by atoms with van der Waals surface area (Å²) in [5.41, 5.74) is 0.122. The van der Waals surface area contributed by atoms with E-state index >= 15 is 0 Å². The first-order chi connectivity index (χ1) is 11.6. The summed E-state index contributed by atoms with van der Waals surface area (Å²) in [6.07, 6.45) is 7.24. The molecule has 1 fully saturated rings. The molecule has 0 unspecified atom stereocenters. The van der Waals surface area contributed by atoms with Crippen LogP contribution in [-0.2, 0) is 9.53 Å². The summed E-state index contributed by atoms with van der Waals surface area (Å²) < 4.78 is 11.7. The molecule has 0 spiro atoms. The zero-order chi connectivity index (χ0) is 17.4. The smallest absolute Gasteiger partial charge is 0.256 e. The Morgan fingerprint density at radius 2 is 1.75 bits per heavy atom. The Hall–Kier alpha value is -1.55. The van der Waals surface area contributed by atoms with Crippen LogP contribution in [0.4, 0.5) is 5.69 Å². The molecule has 1 atom stereocenters. The number of anilines is 1. The average Bonchev–Trinajstić information content (AvgIpc) is 2.83. The Labute approximate surface area is 145 Å². The van der Waals surface area contributed by atoms with Crippen molar-refractivity contribution < 1.29 is 14.3 Å². The van der Waals surface area contributed by atoms with Crippen LogP contribution >= 0.6 is 0 Å².